The zero-order valence-corrected chi connectivity index (χ0v) is 9.00. The zero-order valence-electron chi connectivity index (χ0n) is 8.24. The molecule has 6 heteroatoms. The van der Waals surface area contributed by atoms with E-state index < -0.39 is 11.6 Å². The number of nitrogens with one attached hydrogen (secondary N) is 1. The Morgan fingerprint density at radius 1 is 1.44 bits per heavy atom. The molecule has 1 heterocycles. The van der Waals surface area contributed by atoms with E-state index in [1.54, 1.807) is 18.3 Å². The minimum absolute atomic E-state index is 0.0376. The molecular weight excluding hydrogens is 231 g/mol. The summed E-state index contributed by atoms with van der Waals surface area (Å²) in [6, 6.07) is 4.24. The van der Waals surface area contributed by atoms with Gasteiger partial charge in [-0.05, 0) is 18.2 Å². The van der Waals surface area contributed by atoms with Gasteiger partial charge in [0.1, 0.15) is 11.7 Å². The molecule has 0 bridgehead atoms. The summed E-state index contributed by atoms with van der Waals surface area (Å²) in [5.74, 6) is -1.52. The van der Waals surface area contributed by atoms with E-state index in [1.807, 2.05) is 0 Å². The Morgan fingerprint density at radius 3 is 2.81 bits per heavy atom. The molecule has 16 heavy (non-hydrogen) atoms. The summed E-state index contributed by atoms with van der Waals surface area (Å²) in [7, 11) is 0. The summed E-state index contributed by atoms with van der Waals surface area (Å²) >= 11 is 5.58. The molecule has 0 saturated heterocycles. The Morgan fingerprint density at radius 2 is 2.19 bits per heavy atom. The van der Waals surface area contributed by atoms with Gasteiger partial charge in [0.15, 0.2) is 0 Å². The second kappa shape index (κ2) is 3.77. The summed E-state index contributed by atoms with van der Waals surface area (Å²) in [5, 5.41) is 2.85. The molecule has 2 rings (SSSR count). The Labute approximate surface area is 96.8 Å². The molecule has 1 aromatic carbocycles. The molecule has 0 fully saturated rings. The minimum Gasteiger partial charge on any atom is -0.384 e. The molecule has 0 radical (unpaired) electrons. The minimum atomic E-state index is -1.25. The van der Waals surface area contributed by atoms with Crippen LogP contribution in [0.5, 0.6) is 0 Å². The number of benzene rings is 1. The molecule has 1 aromatic rings. The first-order valence-corrected chi connectivity index (χ1v) is 4.93. The Kier molecular flexibility index (Phi) is 2.57. The Balaban J connectivity index is 2.44. The highest BCUT2D eigenvalue weighted by Gasteiger charge is 2.27. The van der Waals surface area contributed by atoms with Crippen LogP contribution in [-0.2, 0) is 5.79 Å². The molecule has 4 nitrogen and oxygen atoms in total. The van der Waals surface area contributed by atoms with E-state index in [9.17, 15) is 4.39 Å². The predicted octanol–water partition coefficient (Wildman–Crippen LogP) is 1.02. The van der Waals surface area contributed by atoms with Crippen LogP contribution < -0.4 is 16.8 Å². The van der Waals surface area contributed by atoms with Gasteiger partial charge < -0.3 is 11.1 Å². The SMILES string of the molecule is NC1=NC(N)(c2ccc(Cl)c(F)c2)NC=C1. The predicted molar refractivity (Wildman–Crippen MR) is 61.2 cm³/mol. The van der Waals surface area contributed by atoms with Gasteiger partial charge in [-0.1, -0.05) is 17.7 Å². The lowest BCUT2D eigenvalue weighted by Gasteiger charge is -2.28. The van der Waals surface area contributed by atoms with Gasteiger partial charge in [-0.2, -0.15) is 0 Å². The number of hydrogen-bond donors (Lipinski definition) is 3. The fourth-order valence-corrected chi connectivity index (χ4v) is 1.53. The van der Waals surface area contributed by atoms with Gasteiger partial charge >= 0.3 is 0 Å². The van der Waals surface area contributed by atoms with Gasteiger partial charge in [0.05, 0.1) is 5.02 Å². The summed E-state index contributed by atoms with van der Waals surface area (Å²) in [6.07, 6.45) is 3.13. The lowest BCUT2D eigenvalue weighted by molar-refractivity contribution is 0.407. The normalized spacial score (nSPS) is 23.8. The highest BCUT2D eigenvalue weighted by atomic mass is 35.5. The molecular formula is C10H10ClFN4. The van der Waals surface area contributed by atoms with Crippen molar-refractivity contribution in [3.63, 3.8) is 0 Å². The highest BCUT2D eigenvalue weighted by Crippen LogP contribution is 2.23. The molecule has 84 valence electrons. The van der Waals surface area contributed by atoms with Crippen LogP contribution in [0.1, 0.15) is 5.56 Å². The average molecular weight is 241 g/mol. The fourth-order valence-electron chi connectivity index (χ4n) is 1.41. The van der Waals surface area contributed by atoms with Crippen LogP contribution in [0, 0.1) is 5.82 Å². The first-order chi connectivity index (χ1) is 7.51. The van der Waals surface area contributed by atoms with Gasteiger partial charge in [-0.3, -0.25) is 5.73 Å². The van der Waals surface area contributed by atoms with Crippen molar-refractivity contribution in [2.45, 2.75) is 5.79 Å². The van der Waals surface area contributed by atoms with Crippen molar-refractivity contribution in [2.24, 2.45) is 16.5 Å². The maximum atomic E-state index is 13.3. The standard InChI is InChI=1S/C10H10ClFN4/c11-7-2-1-6(5-8(7)12)10(14)15-4-3-9(13)16-10/h1-5,15H,14H2,(H2,13,16). The number of hydrogen-bond acceptors (Lipinski definition) is 4. The van der Waals surface area contributed by atoms with E-state index in [4.69, 9.17) is 23.1 Å². The van der Waals surface area contributed by atoms with Crippen LogP contribution in [-0.4, -0.2) is 5.84 Å². The third-order valence-corrected chi connectivity index (χ3v) is 2.53. The number of nitrogens with zero attached hydrogens (tertiary/aromatic N) is 1. The largest absolute Gasteiger partial charge is 0.384 e. The summed E-state index contributed by atoms with van der Waals surface area (Å²) < 4.78 is 13.3. The molecule has 1 aliphatic heterocycles. The van der Waals surface area contributed by atoms with E-state index in [2.05, 4.69) is 10.3 Å². The fraction of sp³-hybridized carbons (Fsp3) is 0.100. The van der Waals surface area contributed by atoms with E-state index in [0.29, 0.717) is 5.56 Å². The number of aliphatic imine (C=N–C) groups is 1. The Hall–Kier alpha value is -1.59. The van der Waals surface area contributed by atoms with Crippen molar-refractivity contribution < 1.29 is 4.39 Å². The number of nitrogens with two attached hydrogens (primary N) is 2. The smallest absolute Gasteiger partial charge is 0.211 e. The Bertz CT molecular complexity index is 486. The number of amidine groups is 1. The lowest BCUT2D eigenvalue weighted by atomic mass is 10.1. The average Bonchev–Trinajstić information content (AvgIpc) is 2.21. The van der Waals surface area contributed by atoms with Crippen molar-refractivity contribution in [3.05, 3.63) is 46.9 Å². The van der Waals surface area contributed by atoms with Crippen molar-refractivity contribution >= 4 is 17.4 Å². The number of halogens is 2. The lowest BCUT2D eigenvalue weighted by Crippen LogP contribution is -2.49. The maximum Gasteiger partial charge on any atom is 0.211 e. The van der Waals surface area contributed by atoms with Gasteiger partial charge in [0.25, 0.3) is 0 Å². The zero-order chi connectivity index (χ0) is 11.8. The molecule has 1 aliphatic rings. The summed E-state index contributed by atoms with van der Waals surface area (Å²) in [4.78, 5) is 4.02. The second-order valence-electron chi connectivity index (χ2n) is 3.41. The van der Waals surface area contributed by atoms with Crippen molar-refractivity contribution in [2.75, 3.05) is 0 Å². The van der Waals surface area contributed by atoms with Crippen LogP contribution in [0.4, 0.5) is 4.39 Å². The molecule has 0 spiro atoms. The monoisotopic (exact) mass is 240 g/mol. The summed E-state index contributed by atoms with van der Waals surface area (Å²) in [6.45, 7) is 0. The van der Waals surface area contributed by atoms with Gasteiger partial charge in [-0.15, -0.1) is 0 Å². The van der Waals surface area contributed by atoms with Crippen molar-refractivity contribution in [1.29, 1.82) is 0 Å². The molecule has 0 aliphatic carbocycles. The van der Waals surface area contributed by atoms with Gasteiger partial charge in [0, 0.05) is 11.8 Å². The van der Waals surface area contributed by atoms with E-state index in [0.717, 1.165) is 0 Å². The van der Waals surface area contributed by atoms with Gasteiger partial charge in [-0.25, -0.2) is 9.38 Å². The molecule has 0 aromatic heterocycles. The van der Waals surface area contributed by atoms with Crippen molar-refractivity contribution in [1.82, 2.24) is 5.32 Å². The number of rotatable bonds is 1. The van der Waals surface area contributed by atoms with E-state index >= 15 is 0 Å². The molecule has 1 atom stereocenters. The third kappa shape index (κ3) is 1.87. The van der Waals surface area contributed by atoms with E-state index in [1.165, 1.54) is 12.1 Å². The topological polar surface area (TPSA) is 76.4 Å². The maximum absolute atomic E-state index is 13.3. The third-order valence-electron chi connectivity index (χ3n) is 2.22. The van der Waals surface area contributed by atoms with Crippen LogP contribution in [0.25, 0.3) is 0 Å². The van der Waals surface area contributed by atoms with Crippen molar-refractivity contribution in [3.8, 4) is 0 Å². The van der Waals surface area contributed by atoms with Crippen LogP contribution in [0.15, 0.2) is 35.5 Å². The first-order valence-electron chi connectivity index (χ1n) is 4.55. The highest BCUT2D eigenvalue weighted by molar-refractivity contribution is 6.30. The van der Waals surface area contributed by atoms with Crippen LogP contribution >= 0.6 is 11.6 Å². The van der Waals surface area contributed by atoms with Crippen LogP contribution in [0.2, 0.25) is 5.02 Å². The molecule has 0 amide bonds. The first kappa shape index (κ1) is 10.9. The van der Waals surface area contributed by atoms with E-state index in [-0.39, 0.29) is 10.9 Å². The quantitative estimate of drug-likeness (QED) is 0.686. The molecule has 0 saturated carbocycles. The second-order valence-corrected chi connectivity index (χ2v) is 3.82. The van der Waals surface area contributed by atoms with Crippen LogP contribution in [0.3, 0.4) is 0 Å². The van der Waals surface area contributed by atoms with Gasteiger partial charge in [0.2, 0.25) is 5.79 Å². The molecule has 5 N–H and O–H groups in total. The summed E-state index contributed by atoms with van der Waals surface area (Å²) in [5.41, 5.74) is 11.9. The molecule has 1 unspecified atom stereocenters.